The molecule has 5 nitrogen and oxygen atoms in total. The van der Waals surface area contributed by atoms with Gasteiger partial charge in [-0.25, -0.2) is 4.98 Å². The van der Waals surface area contributed by atoms with Gasteiger partial charge in [-0.3, -0.25) is 0 Å². The smallest absolute Gasteiger partial charge is 0.382 e. The molecule has 18 heavy (non-hydrogen) atoms. The van der Waals surface area contributed by atoms with E-state index in [4.69, 9.17) is 11.0 Å². The summed E-state index contributed by atoms with van der Waals surface area (Å²) in [6.07, 6.45) is -3.35. The number of pyridine rings is 1. The fourth-order valence-corrected chi connectivity index (χ4v) is 1.39. The summed E-state index contributed by atoms with van der Waals surface area (Å²) in [5.41, 5.74) is 3.47. The number of hydrogen-bond acceptors (Lipinski definition) is 4. The summed E-state index contributed by atoms with van der Waals surface area (Å²) in [5, 5.41) is 12.0. The van der Waals surface area contributed by atoms with Crippen LogP contribution in [0.5, 0.6) is 0 Å². The van der Waals surface area contributed by atoms with Crippen LogP contribution in [0.15, 0.2) is 24.4 Å². The molecule has 0 aliphatic rings. The second-order valence-electron chi connectivity index (χ2n) is 3.32. The highest BCUT2D eigenvalue weighted by Gasteiger charge is 2.39. The molecule has 92 valence electrons. The van der Waals surface area contributed by atoms with E-state index in [0.29, 0.717) is 0 Å². The molecule has 0 spiro atoms. The number of aromatic nitrogens is 3. The highest BCUT2D eigenvalue weighted by molar-refractivity contribution is 5.55. The van der Waals surface area contributed by atoms with E-state index in [1.54, 1.807) is 12.1 Å². The number of alkyl halides is 3. The van der Waals surface area contributed by atoms with Crippen LogP contribution in [0.25, 0.3) is 5.82 Å². The predicted molar refractivity (Wildman–Crippen MR) is 55.5 cm³/mol. The Balaban J connectivity index is 2.66. The maximum Gasteiger partial charge on any atom is 0.436 e. The molecular formula is C10H6F3N5. The van der Waals surface area contributed by atoms with Crippen LogP contribution in [0.3, 0.4) is 0 Å². The van der Waals surface area contributed by atoms with Crippen LogP contribution in [0.1, 0.15) is 11.3 Å². The molecule has 0 unspecified atom stereocenters. The molecule has 0 aliphatic carbocycles. The number of nitrogens with two attached hydrogens (primary N) is 1. The van der Waals surface area contributed by atoms with Gasteiger partial charge in [0.05, 0.1) is 0 Å². The Morgan fingerprint density at radius 1 is 1.33 bits per heavy atom. The van der Waals surface area contributed by atoms with Gasteiger partial charge in [-0.1, -0.05) is 6.07 Å². The van der Waals surface area contributed by atoms with Gasteiger partial charge >= 0.3 is 6.18 Å². The van der Waals surface area contributed by atoms with E-state index in [9.17, 15) is 13.2 Å². The Labute approximate surface area is 99.3 Å². The topological polar surface area (TPSA) is 80.5 Å². The molecule has 0 aliphatic heterocycles. The van der Waals surface area contributed by atoms with Crippen LogP contribution in [0.4, 0.5) is 19.0 Å². The minimum Gasteiger partial charge on any atom is -0.382 e. The molecule has 2 rings (SSSR count). The lowest BCUT2D eigenvalue weighted by Crippen LogP contribution is -2.09. The van der Waals surface area contributed by atoms with Gasteiger partial charge in [-0.05, 0) is 12.1 Å². The summed E-state index contributed by atoms with van der Waals surface area (Å²) in [7, 11) is 0. The van der Waals surface area contributed by atoms with Crippen molar-refractivity contribution in [2.45, 2.75) is 6.18 Å². The van der Waals surface area contributed by atoms with Crippen LogP contribution in [-0.2, 0) is 6.18 Å². The van der Waals surface area contributed by atoms with Crippen LogP contribution < -0.4 is 5.73 Å². The normalized spacial score (nSPS) is 11.2. The zero-order valence-electron chi connectivity index (χ0n) is 8.81. The third kappa shape index (κ3) is 1.86. The highest BCUT2D eigenvalue weighted by Crippen LogP contribution is 2.33. The van der Waals surface area contributed by atoms with Crippen LogP contribution in [0.2, 0.25) is 0 Å². The Morgan fingerprint density at radius 2 is 2.06 bits per heavy atom. The van der Waals surface area contributed by atoms with Gasteiger partial charge in [-0.2, -0.15) is 28.2 Å². The van der Waals surface area contributed by atoms with E-state index in [2.05, 4.69) is 10.1 Å². The second-order valence-corrected chi connectivity index (χ2v) is 3.32. The minimum atomic E-state index is -4.74. The van der Waals surface area contributed by atoms with E-state index in [-0.39, 0.29) is 11.6 Å². The summed E-state index contributed by atoms with van der Waals surface area (Å²) in [5.74, 6) is -0.273. The first-order valence-electron chi connectivity index (χ1n) is 4.72. The summed E-state index contributed by atoms with van der Waals surface area (Å²) >= 11 is 0. The van der Waals surface area contributed by atoms with Crippen molar-refractivity contribution in [2.24, 2.45) is 0 Å². The molecule has 0 aromatic carbocycles. The van der Waals surface area contributed by atoms with E-state index in [1.165, 1.54) is 18.3 Å². The fourth-order valence-electron chi connectivity index (χ4n) is 1.39. The Bertz CT molecular complexity index is 609. The Morgan fingerprint density at radius 3 is 2.50 bits per heavy atom. The molecule has 0 bridgehead atoms. The van der Waals surface area contributed by atoms with Crippen molar-refractivity contribution in [1.82, 2.24) is 14.8 Å². The number of nitrogens with zero attached hydrogens (tertiary/aromatic N) is 4. The number of anilines is 1. The number of hydrogen-bond donors (Lipinski definition) is 1. The van der Waals surface area contributed by atoms with Crippen LogP contribution in [0, 0.1) is 11.3 Å². The van der Waals surface area contributed by atoms with Crippen molar-refractivity contribution in [3.8, 4) is 11.9 Å². The molecule has 0 fully saturated rings. The number of halogens is 3. The number of rotatable bonds is 1. The molecule has 0 radical (unpaired) electrons. The van der Waals surface area contributed by atoms with Crippen LogP contribution in [-0.4, -0.2) is 14.8 Å². The minimum absolute atomic E-state index is 0.113. The largest absolute Gasteiger partial charge is 0.436 e. The molecule has 2 aromatic heterocycles. The third-order valence-corrected chi connectivity index (χ3v) is 2.17. The highest BCUT2D eigenvalue weighted by atomic mass is 19.4. The molecule has 2 N–H and O–H groups in total. The quantitative estimate of drug-likeness (QED) is 0.839. The summed E-state index contributed by atoms with van der Waals surface area (Å²) in [4.78, 5) is 3.82. The van der Waals surface area contributed by atoms with E-state index >= 15 is 0 Å². The summed E-state index contributed by atoms with van der Waals surface area (Å²) < 4.78 is 38.7. The van der Waals surface area contributed by atoms with Crippen LogP contribution >= 0.6 is 0 Å². The molecule has 8 heteroatoms. The zero-order valence-corrected chi connectivity index (χ0v) is 8.81. The zero-order chi connectivity index (χ0) is 13.3. The van der Waals surface area contributed by atoms with Crippen molar-refractivity contribution in [3.63, 3.8) is 0 Å². The molecule has 0 amide bonds. The van der Waals surface area contributed by atoms with Crippen molar-refractivity contribution >= 4 is 5.82 Å². The fraction of sp³-hybridized carbons (Fsp3) is 0.100. The maximum absolute atomic E-state index is 12.6. The standard InChI is InChI=1S/C10H6F3N5/c11-10(12,13)8-6(5-14)9(15)18(17-8)7-3-1-2-4-16-7/h1-4H,15H2. The average molecular weight is 253 g/mol. The molecular weight excluding hydrogens is 247 g/mol. The Hall–Kier alpha value is -2.56. The summed E-state index contributed by atoms with van der Waals surface area (Å²) in [6, 6.07) is 6.01. The van der Waals surface area contributed by atoms with Gasteiger partial charge < -0.3 is 5.73 Å². The van der Waals surface area contributed by atoms with Gasteiger partial charge in [0.15, 0.2) is 11.5 Å². The first kappa shape index (κ1) is 11.9. The van der Waals surface area contributed by atoms with E-state index in [0.717, 1.165) is 4.68 Å². The lowest BCUT2D eigenvalue weighted by Gasteiger charge is -2.02. The maximum atomic E-state index is 12.6. The molecule has 0 saturated heterocycles. The second kappa shape index (κ2) is 4.03. The van der Waals surface area contributed by atoms with Gasteiger partial charge in [0.2, 0.25) is 0 Å². The van der Waals surface area contributed by atoms with Crippen molar-refractivity contribution in [1.29, 1.82) is 5.26 Å². The van der Waals surface area contributed by atoms with Crippen molar-refractivity contribution in [3.05, 3.63) is 35.7 Å². The van der Waals surface area contributed by atoms with Gasteiger partial charge in [0.1, 0.15) is 17.5 Å². The van der Waals surface area contributed by atoms with Gasteiger partial charge in [-0.15, -0.1) is 0 Å². The molecule has 2 heterocycles. The van der Waals surface area contributed by atoms with Crippen molar-refractivity contribution in [2.75, 3.05) is 5.73 Å². The van der Waals surface area contributed by atoms with Crippen molar-refractivity contribution < 1.29 is 13.2 Å². The molecule has 0 saturated carbocycles. The van der Waals surface area contributed by atoms with E-state index in [1.807, 2.05) is 0 Å². The van der Waals surface area contributed by atoms with Gasteiger partial charge in [0, 0.05) is 6.20 Å². The lowest BCUT2D eigenvalue weighted by molar-refractivity contribution is -0.141. The molecule has 2 aromatic rings. The monoisotopic (exact) mass is 253 g/mol. The van der Waals surface area contributed by atoms with Gasteiger partial charge in [0.25, 0.3) is 0 Å². The number of nitriles is 1. The first-order chi connectivity index (χ1) is 8.45. The lowest BCUT2D eigenvalue weighted by atomic mass is 10.2. The van der Waals surface area contributed by atoms with E-state index < -0.39 is 17.4 Å². The third-order valence-electron chi connectivity index (χ3n) is 2.17. The Kier molecular flexibility index (Phi) is 2.67. The SMILES string of the molecule is N#Cc1c(C(F)(F)F)nn(-c2ccccn2)c1N. The first-order valence-corrected chi connectivity index (χ1v) is 4.72. The predicted octanol–water partition coefficient (Wildman–Crippen LogP) is 1.74. The summed E-state index contributed by atoms with van der Waals surface area (Å²) in [6.45, 7) is 0. The molecule has 0 atom stereocenters. The average Bonchev–Trinajstić information content (AvgIpc) is 2.67. The number of nitrogen functional groups attached to an aromatic ring is 1.